The average Bonchev–Trinajstić information content (AvgIpc) is 2.16. The molecule has 0 bridgehead atoms. The zero-order valence-electron chi connectivity index (χ0n) is 7.66. The van der Waals surface area contributed by atoms with Gasteiger partial charge in [0.2, 0.25) is 5.91 Å². The van der Waals surface area contributed by atoms with Gasteiger partial charge in [-0.25, -0.2) is 4.39 Å². The SMILES string of the molecule is CNC(=O)C(N)c1ccccc1F.Cl. The number of halogens is 2. The molecule has 0 aromatic heterocycles. The third-order valence-electron chi connectivity index (χ3n) is 1.77. The van der Waals surface area contributed by atoms with Crippen LogP contribution in [0.2, 0.25) is 0 Å². The lowest BCUT2D eigenvalue weighted by Gasteiger charge is -2.10. The highest BCUT2D eigenvalue weighted by molar-refractivity contribution is 5.85. The lowest BCUT2D eigenvalue weighted by atomic mass is 10.1. The summed E-state index contributed by atoms with van der Waals surface area (Å²) in [6, 6.07) is 5.02. The van der Waals surface area contributed by atoms with E-state index in [1.807, 2.05) is 0 Å². The van der Waals surface area contributed by atoms with Gasteiger partial charge in [-0.1, -0.05) is 18.2 Å². The number of carbonyl (C=O) groups is 1. The Morgan fingerprint density at radius 3 is 2.57 bits per heavy atom. The Morgan fingerprint density at radius 2 is 2.07 bits per heavy atom. The largest absolute Gasteiger partial charge is 0.358 e. The van der Waals surface area contributed by atoms with Crippen molar-refractivity contribution in [2.24, 2.45) is 5.73 Å². The Hall–Kier alpha value is -1.13. The summed E-state index contributed by atoms with van der Waals surface area (Å²) in [6.07, 6.45) is 0. The van der Waals surface area contributed by atoms with E-state index in [0.29, 0.717) is 0 Å². The molecule has 0 aliphatic rings. The van der Waals surface area contributed by atoms with E-state index in [9.17, 15) is 9.18 Å². The highest BCUT2D eigenvalue weighted by atomic mass is 35.5. The minimum atomic E-state index is -0.939. The molecular weight excluding hydrogens is 207 g/mol. The molecule has 78 valence electrons. The first-order valence-corrected chi connectivity index (χ1v) is 3.88. The Balaban J connectivity index is 0.00000169. The summed E-state index contributed by atoms with van der Waals surface area (Å²) in [5.74, 6) is -0.858. The Bertz CT molecular complexity index is 319. The predicted octanol–water partition coefficient (Wildman–Crippen LogP) is 0.993. The van der Waals surface area contributed by atoms with Crippen molar-refractivity contribution >= 4 is 18.3 Å². The van der Waals surface area contributed by atoms with Gasteiger partial charge in [-0.05, 0) is 6.07 Å². The summed E-state index contributed by atoms with van der Waals surface area (Å²) in [7, 11) is 1.46. The second-order valence-corrected chi connectivity index (χ2v) is 2.61. The van der Waals surface area contributed by atoms with Crippen molar-refractivity contribution in [2.75, 3.05) is 7.05 Å². The van der Waals surface area contributed by atoms with Gasteiger partial charge >= 0.3 is 0 Å². The van der Waals surface area contributed by atoms with Gasteiger partial charge in [0, 0.05) is 12.6 Å². The summed E-state index contributed by atoms with van der Waals surface area (Å²) in [6.45, 7) is 0. The summed E-state index contributed by atoms with van der Waals surface area (Å²) in [5.41, 5.74) is 5.71. The summed E-state index contributed by atoms with van der Waals surface area (Å²) in [4.78, 5) is 11.1. The fourth-order valence-electron chi connectivity index (χ4n) is 1.02. The lowest BCUT2D eigenvalue weighted by Crippen LogP contribution is -2.31. The topological polar surface area (TPSA) is 55.1 Å². The fourth-order valence-corrected chi connectivity index (χ4v) is 1.02. The molecule has 0 saturated heterocycles. The van der Waals surface area contributed by atoms with Crippen LogP contribution in [0, 0.1) is 5.82 Å². The first-order valence-electron chi connectivity index (χ1n) is 3.88. The van der Waals surface area contributed by atoms with Crippen molar-refractivity contribution in [1.82, 2.24) is 5.32 Å². The van der Waals surface area contributed by atoms with Crippen LogP contribution in [-0.2, 0) is 4.79 Å². The molecule has 0 aliphatic heterocycles. The number of likely N-dealkylation sites (N-methyl/N-ethyl adjacent to an activating group) is 1. The maximum absolute atomic E-state index is 13.1. The average molecular weight is 219 g/mol. The monoisotopic (exact) mass is 218 g/mol. The van der Waals surface area contributed by atoms with E-state index < -0.39 is 17.8 Å². The first-order chi connectivity index (χ1) is 6.16. The Labute approximate surface area is 87.9 Å². The van der Waals surface area contributed by atoms with Gasteiger partial charge in [0.1, 0.15) is 11.9 Å². The van der Waals surface area contributed by atoms with Crippen molar-refractivity contribution in [1.29, 1.82) is 0 Å². The third-order valence-corrected chi connectivity index (χ3v) is 1.77. The molecule has 0 radical (unpaired) electrons. The second-order valence-electron chi connectivity index (χ2n) is 2.61. The van der Waals surface area contributed by atoms with Crippen molar-refractivity contribution < 1.29 is 9.18 Å². The molecule has 14 heavy (non-hydrogen) atoms. The molecule has 0 heterocycles. The van der Waals surface area contributed by atoms with Gasteiger partial charge < -0.3 is 11.1 Å². The Kier molecular flexibility index (Phi) is 5.12. The van der Waals surface area contributed by atoms with E-state index in [4.69, 9.17) is 5.73 Å². The lowest BCUT2D eigenvalue weighted by molar-refractivity contribution is -0.122. The van der Waals surface area contributed by atoms with E-state index in [0.717, 1.165) is 0 Å². The van der Waals surface area contributed by atoms with Gasteiger partial charge in [-0.15, -0.1) is 12.4 Å². The van der Waals surface area contributed by atoms with Crippen LogP contribution >= 0.6 is 12.4 Å². The molecule has 1 amide bonds. The highest BCUT2D eigenvalue weighted by Gasteiger charge is 2.16. The zero-order chi connectivity index (χ0) is 9.84. The number of hydrogen-bond donors (Lipinski definition) is 2. The molecule has 0 fully saturated rings. The van der Waals surface area contributed by atoms with E-state index in [1.165, 1.54) is 19.2 Å². The van der Waals surface area contributed by atoms with Crippen LogP contribution < -0.4 is 11.1 Å². The van der Waals surface area contributed by atoms with Gasteiger partial charge in [0.05, 0.1) is 0 Å². The van der Waals surface area contributed by atoms with E-state index in [-0.39, 0.29) is 18.0 Å². The molecule has 3 N–H and O–H groups in total. The molecule has 1 aromatic rings. The fraction of sp³-hybridized carbons (Fsp3) is 0.222. The summed E-state index contributed by atoms with van der Waals surface area (Å²) >= 11 is 0. The van der Waals surface area contributed by atoms with E-state index in [2.05, 4.69) is 5.32 Å². The number of carbonyl (C=O) groups excluding carboxylic acids is 1. The minimum absolute atomic E-state index is 0. The minimum Gasteiger partial charge on any atom is -0.358 e. The molecule has 0 aliphatic carbocycles. The molecular formula is C9H12ClFN2O. The van der Waals surface area contributed by atoms with Crippen LogP contribution in [-0.4, -0.2) is 13.0 Å². The van der Waals surface area contributed by atoms with Crippen molar-refractivity contribution in [3.63, 3.8) is 0 Å². The maximum atomic E-state index is 13.1. The standard InChI is InChI=1S/C9H11FN2O.ClH/c1-12-9(13)8(11)6-4-2-3-5-7(6)10;/h2-5,8H,11H2,1H3,(H,12,13);1H. The maximum Gasteiger partial charge on any atom is 0.241 e. The molecule has 1 aromatic carbocycles. The zero-order valence-corrected chi connectivity index (χ0v) is 8.48. The predicted molar refractivity (Wildman–Crippen MR) is 54.6 cm³/mol. The van der Waals surface area contributed by atoms with Crippen molar-refractivity contribution in [3.05, 3.63) is 35.6 Å². The van der Waals surface area contributed by atoms with Gasteiger partial charge in [0.25, 0.3) is 0 Å². The second kappa shape index (κ2) is 5.57. The Morgan fingerprint density at radius 1 is 1.50 bits per heavy atom. The van der Waals surface area contributed by atoms with Crippen LogP contribution in [0.1, 0.15) is 11.6 Å². The number of nitrogens with two attached hydrogens (primary N) is 1. The highest BCUT2D eigenvalue weighted by Crippen LogP contribution is 2.13. The van der Waals surface area contributed by atoms with E-state index >= 15 is 0 Å². The normalized spacial score (nSPS) is 11.4. The van der Waals surface area contributed by atoms with Crippen LogP contribution in [0.5, 0.6) is 0 Å². The van der Waals surface area contributed by atoms with Crippen molar-refractivity contribution in [2.45, 2.75) is 6.04 Å². The van der Waals surface area contributed by atoms with Gasteiger partial charge in [0.15, 0.2) is 0 Å². The van der Waals surface area contributed by atoms with Crippen LogP contribution in [0.15, 0.2) is 24.3 Å². The summed E-state index contributed by atoms with van der Waals surface area (Å²) < 4.78 is 13.1. The van der Waals surface area contributed by atoms with Gasteiger partial charge in [-0.2, -0.15) is 0 Å². The van der Waals surface area contributed by atoms with Gasteiger partial charge in [-0.3, -0.25) is 4.79 Å². The third kappa shape index (κ3) is 2.68. The number of nitrogens with one attached hydrogen (secondary N) is 1. The first kappa shape index (κ1) is 12.9. The van der Waals surface area contributed by atoms with Crippen molar-refractivity contribution in [3.8, 4) is 0 Å². The van der Waals surface area contributed by atoms with Crippen LogP contribution in [0.3, 0.4) is 0 Å². The molecule has 3 nitrogen and oxygen atoms in total. The smallest absolute Gasteiger partial charge is 0.241 e. The molecule has 5 heteroatoms. The molecule has 0 saturated carbocycles. The van der Waals surface area contributed by atoms with Crippen LogP contribution in [0.25, 0.3) is 0 Å². The quantitative estimate of drug-likeness (QED) is 0.778. The number of hydrogen-bond acceptors (Lipinski definition) is 2. The molecule has 1 atom stereocenters. The molecule has 1 unspecified atom stereocenters. The van der Waals surface area contributed by atoms with Crippen LogP contribution in [0.4, 0.5) is 4.39 Å². The molecule has 1 rings (SSSR count). The number of amides is 1. The van der Waals surface area contributed by atoms with E-state index in [1.54, 1.807) is 12.1 Å². The number of benzene rings is 1. The number of rotatable bonds is 2. The summed E-state index contributed by atoms with van der Waals surface area (Å²) in [5, 5.41) is 2.36. The molecule has 0 spiro atoms.